The largest absolute Gasteiger partial charge is 0.466 e. The lowest BCUT2D eigenvalue weighted by atomic mass is 10.1. The molecule has 0 radical (unpaired) electrons. The van der Waals surface area contributed by atoms with E-state index in [0.29, 0.717) is 36.1 Å². The van der Waals surface area contributed by atoms with Crippen molar-refractivity contribution in [3.05, 3.63) is 33.0 Å². The van der Waals surface area contributed by atoms with E-state index < -0.39 is 0 Å². The maximum atomic E-state index is 12.3. The predicted molar refractivity (Wildman–Crippen MR) is 99.4 cm³/mol. The predicted octanol–water partition coefficient (Wildman–Crippen LogP) is 2.68. The van der Waals surface area contributed by atoms with Gasteiger partial charge in [0.25, 0.3) is 5.91 Å². The number of nitrogens with zero attached hydrogens (tertiary/aromatic N) is 2. The molecular formula is C17H19N3O4S2. The molecule has 0 bridgehead atoms. The van der Waals surface area contributed by atoms with E-state index in [2.05, 4.69) is 10.3 Å². The van der Waals surface area contributed by atoms with E-state index in [4.69, 9.17) is 4.74 Å². The molecule has 0 saturated carbocycles. The van der Waals surface area contributed by atoms with E-state index in [1.165, 1.54) is 22.7 Å². The number of esters is 1. The first-order valence-corrected chi connectivity index (χ1v) is 10.0. The molecule has 9 heteroatoms. The first-order chi connectivity index (χ1) is 12.6. The maximum Gasteiger partial charge on any atom is 0.306 e. The number of aromatic nitrogens is 1. The first kappa shape index (κ1) is 18.5. The number of thiophene rings is 1. The van der Waals surface area contributed by atoms with Gasteiger partial charge in [0.1, 0.15) is 0 Å². The molecule has 0 fully saturated rings. The highest BCUT2D eigenvalue weighted by Gasteiger charge is 2.25. The molecule has 26 heavy (non-hydrogen) atoms. The molecule has 0 aromatic carbocycles. The third-order valence-corrected chi connectivity index (χ3v) is 5.76. The highest BCUT2D eigenvalue weighted by Crippen LogP contribution is 2.29. The van der Waals surface area contributed by atoms with Crippen molar-refractivity contribution in [2.24, 2.45) is 0 Å². The van der Waals surface area contributed by atoms with E-state index in [1.807, 2.05) is 11.4 Å². The van der Waals surface area contributed by atoms with Gasteiger partial charge in [-0.15, -0.1) is 11.3 Å². The Morgan fingerprint density at radius 3 is 2.92 bits per heavy atom. The monoisotopic (exact) mass is 393 g/mol. The lowest BCUT2D eigenvalue weighted by Crippen LogP contribution is -2.35. The van der Waals surface area contributed by atoms with Gasteiger partial charge in [-0.2, -0.15) is 0 Å². The summed E-state index contributed by atoms with van der Waals surface area (Å²) in [5.74, 6) is -0.593. The van der Waals surface area contributed by atoms with Gasteiger partial charge >= 0.3 is 5.97 Å². The first-order valence-electron chi connectivity index (χ1n) is 8.33. The van der Waals surface area contributed by atoms with E-state index >= 15 is 0 Å². The van der Waals surface area contributed by atoms with Gasteiger partial charge < -0.3 is 9.64 Å². The summed E-state index contributed by atoms with van der Waals surface area (Å²) in [4.78, 5) is 43.6. The molecule has 1 aliphatic rings. The van der Waals surface area contributed by atoms with Gasteiger partial charge in [0.2, 0.25) is 5.91 Å². The third kappa shape index (κ3) is 4.47. The van der Waals surface area contributed by atoms with Crippen LogP contribution in [0.2, 0.25) is 0 Å². The quantitative estimate of drug-likeness (QED) is 0.762. The van der Waals surface area contributed by atoms with Crippen molar-refractivity contribution in [1.82, 2.24) is 9.88 Å². The highest BCUT2D eigenvalue weighted by atomic mass is 32.1. The van der Waals surface area contributed by atoms with Gasteiger partial charge in [-0.05, 0) is 18.4 Å². The average Bonchev–Trinajstić information content (AvgIpc) is 3.28. The molecule has 2 aromatic rings. The fraction of sp³-hybridized carbons (Fsp3) is 0.412. The Kier molecular flexibility index (Phi) is 6.00. The lowest BCUT2D eigenvalue weighted by molar-refractivity contribution is -0.145. The zero-order chi connectivity index (χ0) is 18.5. The zero-order valence-electron chi connectivity index (χ0n) is 14.3. The van der Waals surface area contributed by atoms with Crippen LogP contribution in [0.25, 0.3) is 0 Å². The summed E-state index contributed by atoms with van der Waals surface area (Å²) in [6.45, 7) is 3.09. The fourth-order valence-electron chi connectivity index (χ4n) is 2.63. The van der Waals surface area contributed by atoms with Crippen LogP contribution in [0.4, 0.5) is 5.13 Å². The van der Waals surface area contributed by atoms with E-state index in [1.54, 1.807) is 17.9 Å². The smallest absolute Gasteiger partial charge is 0.306 e. The van der Waals surface area contributed by atoms with Crippen LogP contribution < -0.4 is 5.32 Å². The molecule has 0 spiro atoms. The van der Waals surface area contributed by atoms with Crippen molar-refractivity contribution in [3.8, 4) is 0 Å². The topological polar surface area (TPSA) is 88.6 Å². The van der Waals surface area contributed by atoms with Crippen molar-refractivity contribution in [2.75, 3.05) is 18.5 Å². The summed E-state index contributed by atoms with van der Waals surface area (Å²) in [5.41, 5.74) is 0.922. The number of carbonyl (C=O) groups is 3. The maximum absolute atomic E-state index is 12.3. The van der Waals surface area contributed by atoms with Crippen molar-refractivity contribution in [2.45, 2.75) is 32.7 Å². The van der Waals surface area contributed by atoms with Crippen molar-refractivity contribution in [1.29, 1.82) is 0 Å². The molecule has 0 aliphatic carbocycles. The van der Waals surface area contributed by atoms with Crippen molar-refractivity contribution >= 4 is 45.6 Å². The van der Waals surface area contributed by atoms with Gasteiger partial charge in [-0.3, -0.25) is 19.7 Å². The molecular weight excluding hydrogens is 374 g/mol. The Labute approximate surface area is 159 Å². The molecule has 3 rings (SSSR count). The molecule has 0 saturated heterocycles. The van der Waals surface area contributed by atoms with Gasteiger partial charge in [-0.25, -0.2) is 4.98 Å². The number of rotatable bonds is 6. The Hall–Kier alpha value is -2.26. The third-order valence-electron chi connectivity index (χ3n) is 3.90. The molecule has 1 aliphatic heterocycles. The summed E-state index contributed by atoms with van der Waals surface area (Å²) in [5, 5.41) is 5.21. The van der Waals surface area contributed by atoms with Gasteiger partial charge in [0.15, 0.2) is 5.13 Å². The summed E-state index contributed by atoms with van der Waals surface area (Å²) < 4.78 is 4.85. The minimum atomic E-state index is -0.352. The standard InChI is InChI=1S/C17H19N3O4S2/c1-2-24-15(22)6-5-14(21)20-8-7-11-13(10-20)26-17(18-11)19-16(23)12-4-3-9-25-12/h3-4,9H,2,5-8,10H2,1H3,(H,18,19,23). The number of ether oxygens (including phenoxy) is 1. The van der Waals surface area contributed by atoms with Crippen LogP contribution in [0, 0.1) is 0 Å². The number of anilines is 1. The molecule has 3 heterocycles. The number of hydrogen-bond donors (Lipinski definition) is 1. The fourth-order valence-corrected chi connectivity index (χ4v) is 4.27. The molecule has 0 atom stereocenters. The molecule has 7 nitrogen and oxygen atoms in total. The Balaban J connectivity index is 1.57. The van der Waals surface area contributed by atoms with Gasteiger partial charge in [0, 0.05) is 24.3 Å². The van der Waals surface area contributed by atoms with Crippen molar-refractivity contribution in [3.63, 3.8) is 0 Å². The number of nitrogens with one attached hydrogen (secondary N) is 1. The second-order valence-electron chi connectivity index (χ2n) is 5.69. The van der Waals surface area contributed by atoms with E-state index in [-0.39, 0.29) is 30.6 Å². The number of thiazole rings is 1. The second kappa shape index (κ2) is 8.41. The number of carbonyl (C=O) groups excluding carboxylic acids is 3. The van der Waals surface area contributed by atoms with Crippen LogP contribution in [0.3, 0.4) is 0 Å². The summed E-state index contributed by atoms with van der Waals surface area (Å²) in [6.07, 6.45) is 0.891. The van der Waals surface area contributed by atoms with Crippen molar-refractivity contribution < 1.29 is 19.1 Å². The summed E-state index contributed by atoms with van der Waals surface area (Å²) in [6, 6.07) is 3.59. The van der Waals surface area contributed by atoms with Crippen LogP contribution in [-0.4, -0.2) is 40.8 Å². The van der Waals surface area contributed by atoms with Crippen LogP contribution in [0.5, 0.6) is 0 Å². The average molecular weight is 393 g/mol. The SMILES string of the molecule is CCOC(=O)CCC(=O)N1CCc2nc(NC(=O)c3cccs3)sc2C1. The van der Waals surface area contributed by atoms with Crippen LogP contribution in [0.1, 0.15) is 40.0 Å². The van der Waals surface area contributed by atoms with Gasteiger partial charge in [-0.1, -0.05) is 17.4 Å². The Morgan fingerprint density at radius 1 is 1.35 bits per heavy atom. The molecule has 2 aromatic heterocycles. The van der Waals surface area contributed by atoms with E-state index in [9.17, 15) is 14.4 Å². The normalized spacial score (nSPS) is 13.2. The second-order valence-corrected chi connectivity index (χ2v) is 7.72. The number of fused-ring (bicyclic) bond motifs is 1. The lowest BCUT2D eigenvalue weighted by Gasteiger charge is -2.26. The zero-order valence-corrected chi connectivity index (χ0v) is 16.0. The summed E-state index contributed by atoms with van der Waals surface area (Å²) >= 11 is 2.77. The van der Waals surface area contributed by atoms with Crippen LogP contribution >= 0.6 is 22.7 Å². The molecule has 0 unspecified atom stereocenters. The summed E-state index contributed by atoms with van der Waals surface area (Å²) in [7, 11) is 0. The minimum absolute atomic E-state index is 0.0683. The molecule has 138 valence electrons. The number of amides is 2. The van der Waals surface area contributed by atoms with Crippen LogP contribution in [0.15, 0.2) is 17.5 Å². The van der Waals surface area contributed by atoms with Crippen LogP contribution in [-0.2, 0) is 27.3 Å². The molecule has 2 amide bonds. The Bertz CT molecular complexity index is 801. The van der Waals surface area contributed by atoms with E-state index in [0.717, 1.165) is 10.6 Å². The minimum Gasteiger partial charge on any atom is -0.466 e. The highest BCUT2D eigenvalue weighted by molar-refractivity contribution is 7.16. The van der Waals surface area contributed by atoms with Gasteiger partial charge in [0.05, 0.1) is 30.1 Å². The number of hydrogen-bond acceptors (Lipinski definition) is 7. The molecule has 1 N–H and O–H groups in total. The Morgan fingerprint density at radius 2 is 2.19 bits per heavy atom.